The van der Waals surface area contributed by atoms with Gasteiger partial charge in [0.05, 0.1) is 19.1 Å². The fourth-order valence-corrected chi connectivity index (χ4v) is 5.99. The Bertz CT molecular complexity index is 1180. The second-order valence-corrected chi connectivity index (χ2v) is 12.6. The minimum absolute atomic E-state index is 0.0960. The van der Waals surface area contributed by atoms with Gasteiger partial charge in [0, 0.05) is 30.0 Å². The summed E-state index contributed by atoms with van der Waals surface area (Å²) >= 11 is 3.43. The molecule has 2 amide bonds. The summed E-state index contributed by atoms with van der Waals surface area (Å²) in [6.45, 7) is 2.15. The zero-order valence-corrected chi connectivity index (χ0v) is 24.8. The topological polar surface area (TPSA) is 96.0 Å². The van der Waals surface area contributed by atoms with E-state index < -0.39 is 16.1 Å². The van der Waals surface area contributed by atoms with Gasteiger partial charge >= 0.3 is 0 Å². The third kappa shape index (κ3) is 8.46. The van der Waals surface area contributed by atoms with Crippen LogP contribution in [0, 0.1) is 0 Å². The van der Waals surface area contributed by atoms with Crippen molar-refractivity contribution < 1.29 is 22.7 Å². The van der Waals surface area contributed by atoms with Gasteiger partial charge in [-0.1, -0.05) is 59.5 Å². The molecule has 8 nitrogen and oxygen atoms in total. The van der Waals surface area contributed by atoms with Gasteiger partial charge in [-0.15, -0.1) is 0 Å². The maximum absolute atomic E-state index is 13.5. The Kier molecular flexibility index (Phi) is 11.0. The van der Waals surface area contributed by atoms with Crippen molar-refractivity contribution in [3.8, 4) is 5.75 Å². The van der Waals surface area contributed by atoms with Gasteiger partial charge < -0.3 is 15.0 Å². The fraction of sp³-hybridized carbons (Fsp3) is 0.500. The predicted octanol–water partition coefficient (Wildman–Crippen LogP) is 4.87. The van der Waals surface area contributed by atoms with Crippen LogP contribution in [0.2, 0.25) is 0 Å². The first kappa shape index (κ1) is 30.0. The van der Waals surface area contributed by atoms with Crippen LogP contribution in [0.5, 0.6) is 5.75 Å². The van der Waals surface area contributed by atoms with Crippen molar-refractivity contribution in [2.75, 3.05) is 24.2 Å². The summed E-state index contributed by atoms with van der Waals surface area (Å²) in [6, 6.07) is 14.0. The highest BCUT2D eigenvalue weighted by Crippen LogP contribution is 2.30. The van der Waals surface area contributed by atoms with E-state index >= 15 is 0 Å². The highest BCUT2D eigenvalue weighted by Gasteiger charge is 2.28. The molecule has 0 radical (unpaired) electrons. The largest absolute Gasteiger partial charge is 0.495 e. The summed E-state index contributed by atoms with van der Waals surface area (Å²) in [5.41, 5.74) is 1.34. The average molecular weight is 609 g/mol. The molecule has 0 aliphatic heterocycles. The van der Waals surface area contributed by atoms with Crippen LogP contribution in [0.15, 0.2) is 53.0 Å². The molecule has 2 aromatic rings. The molecule has 3 rings (SSSR count). The maximum Gasteiger partial charge on any atom is 0.242 e. The molecule has 0 unspecified atom stereocenters. The molecule has 0 aromatic heterocycles. The molecule has 208 valence electrons. The summed E-state index contributed by atoms with van der Waals surface area (Å²) < 4.78 is 32.7. The molecule has 1 atom stereocenters. The lowest BCUT2D eigenvalue weighted by molar-refractivity contribution is -0.141. The summed E-state index contributed by atoms with van der Waals surface area (Å²) in [5.74, 6) is 0.0796. The molecule has 10 heteroatoms. The van der Waals surface area contributed by atoms with E-state index in [0.717, 1.165) is 42.0 Å². The van der Waals surface area contributed by atoms with Crippen LogP contribution in [0.25, 0.3) is 0 Å². The zero-order chi connectivity index (χ0) is 27.7. The van der Waals surface area contributed by atoms with Crippen LogP contribution in [0.1, 0.15) is 57.4 Å². The van der Waals surface area contributed by atoms with E-state index in [4.69, 9.17) is 4.74 Å². The van der Waals surface area contributed by atoms with Crippen molar-refractivity contribution in [1.29, 1.82) is 0 Å². The fourth-order valence-electron chi connectivity index (χ4n) is 4.76. The van der Waals surface area contributed by atoms with Crippen LogP contribution in [-0.4, -0.2) is 57.1 Å². The number of para-hydroxylation sites is 2. The summed E-state index contributed by atoms with van der Waals surface area (Å²) in [4.78, 5) is 28.2. The Labute approximate surface area is 234 Å². The molecule has 38 heavy (non-hydrogen) atoms. The number of hydrogen-bond donors (Lipinski definition) is 1. The van der Waals surface area contributed by atoms with Crippen LogP contribution in [-0.2, 0) is 26.2 Å². The van der Waals surface area contributed by atoms with E-state index in [9.17, 15) is 18.0 Å². The first-order valence-corrected chi connectivity index (χ1v) is 15.7. The van der Waals surface area contributed by atoms with Crippen molar-refractivity contribution >= 4 is 43.5 Å². The predicted molar refractivity (Wildman–Crippen MR) is 154 cm³/mol. The number of anilines is 1. The van der Waals surface area contributed by atoms with E-state index in [1.54, 1.807) is 36.1 Å². The SMILES string of the molecule is COc1ccccc1N(CCCC(=O)N(Cc1ccc(Br)cc1)[C@@H](C)C(=O)NC1CCCCC1)S(C)(=O)=O. The number of carbonyl (C=O) groups excluding carboxylic acids is 2. The van der Waals surface area contributed by atoms with Gasteiger partial charge in [0.1, 0.15) is 11.8 Å². The number of carbonyl (C=O) groups is 2. The highest BCUT2D eigenvalue weighted by atomic mass is 79.9. The molecule has 0 bridgehead atoms. The molecular formula is C28H38BrN3O5S. The van der Waals surface area contributed by atoms with Gasteiger partial charge in [-0.05, 0) is 56.0 Å². The molecule has 0 heterocycles. The van der Waals surface area contributed by atoms with E-state index in [-0.39, 0.29) is 43.8 Å². The molecule has 1 saturated carbocycles. The van der Waals surface area contributed by atoms with Crippen molar-refractivity contribution in [2.45, 2.75) is 70.5 Å². The molecule has 2 aromatic carbocycles. The quantitative estimate of drug-likeness (QED) is 0.371. The Morgan fingerprint density at radius 3 is 2.37 bits per heavy atom. The average Bonchev–Trinajstić information content (AvgIpc) is 2.90. The standard InChI is InChI=1S/C28H38BrN3O5S/c1-21(28(34)30-24-10-5-4-6-11-24)31(20-22-15-17-23(29)18-16-22)27(33)14-9-19-32(38(3,35)36)25-12-7-8-13-26(25)37-2/h7-8,12-13,15-18,21,24H,4-6,9-11,14,19-20H2,1-3H3,(H,30,34)/t21-/m0/s1. The van der Waals surface area contributed by atoms with E-state index in [2.05, 4.69) is 21.2 Å². The Morgan fingerprint density at radius 1 is 1.08 bits per heavy atom. The highest BCUT2D eigenvalue weighted by molar-refractivity contribution is 9.10. The normalized spacial score (nSPS) is 14.9. The van der Waals surface area contributed by atoms with Gasteiger partial charge in [0.25, 0.3) is 0 Å². The second-order valence-electron chi connectivity index (χ2n) is 9.78. The number of nitrogens with zero attached hydrogens (tertiary/aromatic N) is 2. The number of nitrogens with one attached hydrogen (secondary N) is 1. The summed E-state index contributed by atoms with van der Waals surface area (Å²) in [7, 11) is -2.12. The van der Waals surface area contributed by atoms with Crippen molar-refractivity contribution in [1.82, 2.24) is 10.2 Å². The van der Waals surface area contributed by atoms with Gasteiger partial charge in [-0.3, -0.25) is 13.9 Å². The molecule has 1 N–H and O–H groups in total. The summed E-state index contributed by atoms with van der Waals surface area (Å²) in [6.07, 6.45) is 6.84. The second kappa shape index (κ2) is 14.0. The lowest BCUT2D eigenvalue weighted by Crippen LogP contribution is -2.50. The van der Waals surface area contributed by atoms with Crippen LogP contribution >= 0.6 is 15.9 Å². The molecule has 0 saturated heterocycles. The lowest BCUT2D eigenvalue weighted by atomic mass is 9.95. The number of sulfonamides is 1. The molecule has 0 spiro atoms. The van der Waals surface area contributed by atoms with Gasteiger partial charge in [0.15, 0.2) is 0 Å². The molecule has 1 fully saturated rings. The van der Waals surface area contributed by atoms with Crippen LogP contribution < -0.4 is 14.4 Å². The van der Waals surface area contributed by atoms with E-state index in [0.29, 0.717) is 11.4 Å². The van der Waals surface area contributed by atoms with Gasteiger partial charge in [-0.25, -0.2) is 8.42 Å². The lowest BCUT2D eigenvalue weighted by Gasteiger charge is -2.31. The number of halogens is 1. The third-order valence-electron chi connectivity index (χ3n) is 6.89. The van der Waals surface area contributed by atoms with Crippen molar-refractivity contribution in [3.63, 3.8) is 0 Å². The van der Waals surface area contributed by atoms with Crippen LogP contribution in [0.3, 0.4) is 0 Å². The number of ether oxygens (including phenoxy) is 1. The van der Waals surface area contributed by atoms with Gasteiger partial charge in [-0.2, -0.15) is 0 Å². The minimum atomic E-state index is -3.61. The Hall–Kier alpha value is -2.59. The number of rotatable bonds is 12. The van der Waals surface area contributed by atoms with Crippen LogP contribution in [0.4, 0.5) is 5.69 Å². The number of hydrogen-bond acceptors (Lipinski definition) is 5. The third-order valence-corrected chi connectivity index (χ3v) is 8.60. The smallest absolute Gasteiger partial charge is 0.242 e. The number of benzene rings is 2. The first-order valence-electron chi connectivity index (χ1n) is 13.0. The van der Waals surface area contributed by atoms with Crippen molar-refractivity contribution in [3.05, 3.63) is 58.6 Å². The molecule has 1 aliphatic carbocycles. The van der Waals surface area contributed by atoms with Crippen molar-refractivity contribution in [2.24, 2.45) is 0 Å². The molecular weight excluding hydrogens is 570 g/mol. The van der Waals surface area contributed by atoms with E-state index in [1.165, 1.54) is 17.8 Å². The minimum Gasteiger partial charge on any atom is -0.495 e. The maximum atomic E-state index is 13.5. The van der Waals surface area contributed by atoms with Gasteiger partial charge in [0.2, 0.25) is 21.8 Å². The number of methoxy groups -OCH3 is 1. The first-order chi connectivity index (χ1) is 18.1. The summed E-state index contributed by atoms with van der Waals surface area (Å²) in [5, 5.41) is 3.14. The Balaban J connectivity index is 1.73. The van der Waals surface area contributed by atoms with E-state index in [1.807, 2.05) is 24.3 Å². The molecule has 1 aliphatic rings. The Morgan fingerprint density at radius 2 is 1.74 bits per heavy atom. The monoisotopic (exact) mass is 607 g/mol. The zero-order valence-electron chi connectivity index (χ0n) is 22.4. The number of amides is 2.